The zero-order chi connectivity index (χ0) is 11.4. The van der Waals surface area contributed by atoms with E-state index in [2.05, 4.69) is 27.8 Å². The van der Waals surface area contributed by atoms with Gasteiger partial charge in [0.15, 0.2) is 0 Å². The molecule has 16 heavy (non-hydrogen) atoms. The van der Waals surface area contributed by atoms with E-state index in [4.69, 9.17) is 11.6 Å². The molecule has 2 heterocycles. The lowest BCUT2D eigenvalue weighted by Crippen LogP contribution is -2.46. The van der Waals surface area contributed by atoms with E-state index in [0.29, 0.717) is 5.88 Å². The molecule has 2 rings (SSSR count). The van der Waals surface area contributed by atoms with Crippen LogP contribution in [0.15, 0.2) is 18.3 Å². The molecule has 1 aromatic rings. The topological polar surface area (TPSA) is 19.4 Å². The van der Waals surface area contributed by atoms with Gasteiger partial charge in [-0.1, -0.05) is 13.0 Å². The average Bonchev–Trinajstić information content (AvgIpc) is 2.39. The highest BCUT2D eigenvalue weighted by Gasteiger charge is 2.18. The molecule has 4 heteroatoms. The minimum absolute atomic E-state index is 0.539. The first-order valence-corrected chi connectivity index (χ1v) is 6.35. The first-order valence-electron chi connectivity index (χ1n) is 5.82. The summed E-state index contributed by atoms with van der Waals surface area (Å²) in [4.78, 5) is 9.24. The predicted molar refractivity (Wildman–Crippen MR) is 68.1 cm³/mol. The zero-order valence-corrected chi connectivity index (χ0v) is 10.5. The first-order chi connectivity index (χ1) is 7.85. The first kappa shape index (κ1) is 11.7. The Morgan fingerprint density at radius 3 is 2.69 bits per heavy atom. The van der Waals surface area contributed by atoms with Gasteiger partial charge in [0, 0.05) is 37.9 Å². The van der Waals surface area contributed by atoms with Crippen molar-refractivity contribution in [2.45, 2.75) is 12.8 Å². The van der Waals surface area contributed by atoms with Crippen molar-refractivity contribution in [2.24, 2.45) is 0 Å². The van der Waals surface area contributed by atoms with E-state index in [-0.39, 0.29) is 0 Å². The average molecular weight is 240 g/mol. The number of hydrogen-bond acceptors (Lipinski definition) is 3. The number of anilines is 1. The monoisotopic (exact) mass is 239 g/mol. The predicted octanol–water partition coefficient (Wildman–Crippen LogP) is 1.96. The third kappa shape index (κ3) is 2.47. The van der Waals surface area contributed by atoms with Crippen LogP contribution in [0.1, 0.15) is 12.5 Å². The fourth-order valence-corrected chi connectivity index (χ4v) is 2.30. The second-order valence-electron chi connectivity index (χ2n) is 4.04. The molecule has 1 aliphatic heterocycles. The van der Waals surface area contributed by atoms with Gasteiger partial charge in [0.05, 0.1) is 5.88 Å². The maximum Gasteiger partial charge on any atom is 0.133 e. The van der Waals surface area contributed by atoms with Crippen molar-refractivity contribution in [3.63, 3.8) is 0 Å². The van der Waals surface area contributed by atoms with Crippen LogP contribution in [-0.2, 0) is 5.88 Å². The molecule has 88 valence electrons. The molecule has 1 aliphatic rings. The lowest BCUT2D eigenvalue weighted by molar-refractivity contribution is 0.270. The van der Waals surface area contributed by atoms with Crippen molar-refractivity contribution in [3.8, 4) is 0 Å². The van der Waals surface area contributed by atoms with Gasteiger partial charge >= 0.3 is 0 Å². The molecule has 0 unspecified atom stereocenters. The van der Waals surface area contributed by atoms with E-state index in [9.17, 15) is 0 Å². The summed E-state index contributed by atoms with van der Waals surface area (Å²) < 4.78 is 0. The molecule has 1 fully saturated rings. The van der Waals surface area contributed by atoms with Crippen LogP contribution in [0.2, 0.25) is 0 Å². The summed E-state index contributed by atoms with van der Waals surface area (Å²) in [7, 11) is 0. The summed E-state index contributed by atoms with van der Waals surface area (Å²) in [5, 5.41) is 0. The quantitative estimate of drug-likeness (QED) is 0.752. The Hall–Kier alpha value is -0.800. The van der Waals surface area contributed by atoms with E-state index < -0.39 is 0 Å². The molecule has 1 saturated heterocycles. The maximum absolute atomic E-state index is 5.93. The van der Waals surface area contributed by atoms with Crippen molar-refractivity contribution in [1.82, 2.24) is 9.88 Å². The van der Waals surface area contributed by atoms with Gasteiger partial charge in [-0.3, -0.25) is 0 Å². The SMILES string of the molecule is CCN1CCN(c2ncccc2CCl)CC1. The lowest BCUT2D eigenvalue weighted by Gasteiger charge is -2.35. The van der Waals surface area contributed by atoms with Crippen LogP contribution in [0, 0.1) is 0 Å². The Kier molecular flexibility index (Phi) is 4.02. The van der Waals surface area contributed by atoms with Crippen molar-refractivity contribution >= 4 is 17.4 Å². The molecule has 0 atom stereocenters. The summed E-state index contributed by atoms with van der Waals surface area (Å²) >= 11 is 5.93. The van der Waals surface area contributed by atoms with E-state index >= 15 is 0 Å². The van der Waals surface area contributed by atoms with Crippen LogP contribution >= 0.6 is 11.6 Å². The molecule has 0 aliphatic carbocycles. The van der Waals surface area contributed by atoms with Gasteiger partial charge < -0.3 is 9.80 Å². The van der Waals surface area contributed by atoms with Gasteiger partial charge in [0.1, 0.15) is 5.82 Å². The third-order valence-electron chi connectivity index (χ3n) is 3.13. The lowest BCUT2D eigenvalue weighted by atomic mass is 10.2. The minimum atomic E-state index is 0.539. The summed E-state index contributed by atoms with van der Waals surface area (Å²) in [5.74, 6) is 1.60. The highest BCUT2D eigenvalue weighted by atomic mass is 35.5. The number of likely N-dealkylation sites (N-methyl/N-ethyl adjacent to an activating group) is 1. The van der Waals surface area contributed by atoms with Crippen molar-refractivity contribution in [2.75, 3.05) is 37.6 Å². The van der Waals surface area contributed by atoms with Crippen LogP contribution in [0.25, 0.3) is 0 Å². The van der Waals surface area contributed by atoms with Gasteiger partial charge in [-0.15, -0.1) is 11.6 Å². The highest BCUT2D eigenvalue weighted by molar-refractivity contribution is 6.17. The number of pyridine rings is 1. The third-order valence-corrected chi connectivity index (χ3v) is 3.42. The number of rotatable bonds is 3. The molecule has 0 N–H and O–H groups in total. The Bertz CT molecular complexity index is 335. The Morgan fingerprint density at radius 1 is 1.31 bits per heavy atom. The van der Waals surface area contributed by atoms with Crippen molar-refractivity contribution in [1.29, 1.82) is 0 Å². The fourth-order valence-electron chi connectivity index (χ4n) is 2.10. The largest absolute Gasteiger partial charge is 0.354 e. The van der Waals surface area contributed by atoms with Gasteiger partial charge in [-0.25, -0.2) is 4.98 Å². The van der Waals surface area contributed by atoms with Crippen molar-refractivity contribution < 1.29 is 0 Å². The normalized spacial score (nSPS) is 17.8. The Labute approximate surface area is 102 Å². The molecule has 0 bridgehead atoms. The van der Waals surface area contributed by atoms with Gasteiger partial charge in [-0.2, -0.15) is 0 Å². The molecule has 0 saturated carbocycles. The fraction of sp³-hybridized carbons (Fsp3) is 0.583. The van der Waals surface area contributed by atoms with E-state index in [1.165, 1.54) is 0 Å². The Balaban J connectivity index is 2.07. The second-order valence-corrected chi connectivity index (χ2v) is 4.31. The molecular weight excluding hydrogens is 222 g/mol. The van der Waals surface area contributed by atoms with Crippen LogP contribution in [0.3, 0.4) is 0 Å². The van der Waals surface area contributed by atoms with E-state index in [0.717, 1.165) is 44.1 Å². The molecule has 0 amide bonds. The van der Waals surface area contributed by atoms with Crippen LogP contribution in [0.4, 0.5) is 5.82 Å². The summed E-state index contributed by atoms with van der Waals surface area (Å²) in [6.45, 7) is 7.69. The highest BCUT2D eigenvalue weighted by Crippen LogP contribution is 2.20. The van der Waals surface area contributed by atoms with Gasteiger partial charge in [0.25, 0.3) is 0 Å². The molecule has 1 aromatic heterocycles. The smallest absolute Gasteiger partial charge is 0.133 e. The number of nitrogens with zero attached hydrogens (tertiary/aromatic N) is 3. The standard InChI is InChI=1S/C12H18ClN3/c1-2-15-6-8-16(9-7-15)12-11(10-13)4-3-5-14-12/h3-5H,2,6-10H2,1H3. The Morgan fingerprint density at radius 2 is 2.06 bits per heavy atom. The van der Waals surface area contributed by atoms with Gasteiger partial charge in [-0.05, 0) is 12.6 Å². The van der Waals surface area contributed by atoms with Crippen molar-refractivity contribution in [3.05, 3.63) is 23.9 Å². The molecule has 0 radical (unpaired) electrons. The van der Waals surface area contributed by atoms with Crippen LogP contribution in [-0.4, -0.2) is 42.6 Å². The molecular formula is C12H18ClN3. The zero-order valence-electron chi connectivity index (χ0n) is 9.69. The molecule has 3 nitrogen and oxygen atoms in total. The number of halogens is 1. The number of hydrogen-bond donors (Lipinski definition) is 0. The number of alkyl halides is 1. The van der Waals surface area contributed by atoms with Crippen LogP contribution < -0.4 is 4.90 Å². The summed E-state index contributed by atoms with van der Waals surface area (Å²) in [5.41, 5.74) is 1.13. The summed E-state index contributed by atoms with van der Waals surface area (Å²) in [6, 6.07) is 4.00. The minimum Gasteiger partial charge on any atom is -0.354 e. The van der Waals surface area contributed by atoms with Gasteiger partial charge in [0.2, 0.25) is 0 Å². The van der Waals surface area contributed by atoms with E-state index in [1.807, 2.05) is 12.3 Å². The maximum atomic E-state index is 5.93. The molecule has 0 spiro atoms. The van der Waals surface area contributed by atoms with E-state index in [1.54, 1.807) is 0 Å². The second kappa shape index (κ2) is 5.51. The number of piperazine rings is 1. The van der Waals surface area contributed by atoms with Crippen LogP contribution in [0.5, 0.6) is 0 Å². The molecule has 0 aromatic carbocycles. The summed E-state index contributed by atoms with van der Waals surface area (Å²) in [6.07, 6.45) is 1.84. The number of aromatic nitrogens is 1.